The van der Waals surface area contributed by atoms with E-state index in [2.05, 4.69) is 10.3 Å². The van der Waals surface area contributed by atoms with E-state index in [-0.39, 0.29) is 5.91 Å². The van der Waals surface area contributed by atoms with Gasteiger partial charge in [0.15, 0.2) is 11.5 Å². The van der Waals surface area contributed by atoms with Crippen LogP contribution in [0.5, 0.6) is 11.5 Å². The van der Waals surface area contributed by atoms with Crippen LogP contribution in [-0.4, -0.2) is 25.1 Å². The summed E-state index contributed by atoms with van der Waals surface area (Å²) >= 11 is 3.36. The second-order valence-electron chi connectivity index (χ2n) is 6.11. The van der Waals surface area contributed by atoms with E-state index in [1.807, 2.05) is 54.8 Å². The first-order valence-corrected chi connectivity index (χ1v) is 10.6. The molecule has 0 aliphatic rings. The lowest BCUT2D eigenvalue weighted by molar-refractivity contribution is 0.0951. The number of nitrogens with one attached hydrogen (secondary N) is 1. The summed E-state index contributed by atoms with van der Waals surface area (Å²) in [6.45, 7) is 2.41. The van der Waals surface area contributed by atoms with Crippen molar-refractivity contribution >= 4 is 29.0 Å². The third kappa shape index (κ3) is 5.27. The Morgan fingerprint density at radius 3 is 2.43 bits per heavy atom. The largest absolute Gasteiger partial charge is 0.493 e. The van der Waals surface area contributed by atoms with Crippen LogP contribution < -0.4 is 14.8 Å². The number of amides is 1. The highest BCUT2D eigenvalue weighted by atomic mass is 32.2. The minimum absolute atomic E-state index is 0.107. The van der Waals surface area contributed by atoms with Gasteiger partial charge >= 0.3 is 0 Å². The summed E-state index contributed by atoms with van der Waals surface area (Å²) in [5, 5.41) is 4.99. The van der Waals surface area contributed by atoms with Crippen LogP contribution in [0.15, 0.2) is 52.2 Å². The van der Waals surface area contributed by atoms with Crippen molar-refractivity contribution in [3.8, 4) is 11.5 Å². The zero-order valence-corrected chi connectivity index (χ0v) is 17.7. The zero-order valence-electron chi connectivity index (χ0n) is 16.0. The van der Waals surface area contributed by atoms with Crippen molar-refractivity contribution in [3.63, 3.8) is 0 Å². The van der Waals surface area contributed by atoms with Gasteiger partial charge < -0.3 is 14.8 Å². The van der Waals surface area contributed by atoms with Gasteiger partial charge in [-0.15, -0.1) is 11.3 Å². The van der Waals surface area contributed by atoms with Crippen LogP contribution in [0.1, 0.15) is 27.2 Å². The van der Waals surface area contributed by atoms with E-state index in [0.717, 1.165) is 26.9 Å². The normalized spacial score (nSPS) is 10.5. The van der Waals surface area contributed by atoms with Crippen molar-refractivity contribution in [1.29, 1.82) is 0 Å². The number of methoxy groups -OCH3 is 2. The van der Waals surface area contributed by atoms with E-state index in [1.165, 1.54) is 0 Å². The van der Waals surface area contributed by atoms with Crippen molar-refractivity contribution in [2.45, 2.75) is 23.6 Å². The second-order valence-corrected chi connectivity index (χ2v) is 8.19. The molecule has 0 radical (unpaired) electrons. The second kappa shape index (κ2) is 9.61. The van der Waals surface area contributed by atoms with Gasteiger partial charge in [0.05, 0.1) is 14.2 Å². The van der Waals surface area contributed by atoms with E-state index in [0.29, 0.717) is 23.6 Å². The fraction of sp³-hybridized carbons (Fsp3) is 0.238. The number of ether oxygens (including phenoxy) is 2. The molecule has 0 unspecified atom stereocenters. The Labute approximate surface area is 173 Å². The van der Waals surface area contributed by atoms with Crippen LogP contribution in [0.2, 0.25) is 0 Å². The minimum Gasteiger partial charge on any atom is -0.493 e. The van der Waals surface area contributed by atoms with E-state index in [9.17, 15) is 4.79 Å². The number of rotatable bonds is 8. The number of hydrogen-bond acceptors (Lipinski definition) is 6. The quantitative estimate of drug-likeness (QED) is 0.542. The number of carbonyl (C=O) groups is 1. The predicted octanol–water partition coefficient (Wildman–Crippen LogP) is 4.69. The highest BCUT2D eigenvalue weighted by Gasteiger charge is 2.08. The maximum absolute atomic E-state index is 12.4. The van der Waals surface area contributed by atoms with Crippen molar-refractivity contribution < 1.29 is 14.3 Å². The van der Waals surface area contributed by atoms with Gasteiger partial charge in [0.25, 0.3) is 5.91 Å². The highest BCUT2D eigenvalue weighted by molar-refractivity contribution is 8.00. The van der Waals surface area contributed by atoms with Gasteiger partial charge in [-0.05, 0) is 42.3 Å². The first-order chi connectivity index (χ1) is 13.6. The molecule has 7 heteroatoms. The molecule has 1 N–H and O–H groups in total. The molecule has 146 valence electrons. The summed E-state index contributed by atoms with van der Waals surface area (Å²) in [4.78, 5) is 16.9. The average molecular weight is 415 g/mol. The van der Waals surface area contributed by atoms with E-state index in [1.54, 1.807) is 37.3 Å². The summed E-state index contributed by atoms with van der Waals surface area (Å²) in [7, 11) is 3.19. The maximum Gasteiger partial charge on any atom is 0.251 e. The molecule has 28 heavy (non-hydrogen) atoms. The van der Waals surface area contributed by atoms with Gasteiger partial charge in [0, 0.05) is 28.9 Å². The lowest BCUT2D eigenvalue weighted by atomic mass is 10.1. The summed E-state index contributed by atoms with van der Waals surface area (Å²) in [6, 6.07) is 13.3. The molecule has 0 aliphatic heterocycles. The molecule has 1 heterocycles. The molecule has 3 aromatic rings. The minimum atomic E-state index is -0.107. The number of nitrogens with zero attached hydrogens (tertiary/aromatic N) is 1. The smallest absolute Gasteiger partial charge is 0.251 e. The molecule has 0 aliphatic carbocycles. The summed E-state index contributed by atoms with van der Waals surface area (Å²) in [5.74, 6) is 2.04. The molecule has 5 nitrogen and oxygen atoms in total. The number of carbonyl (C=O) groups excluding carboxylic acids is 1. The van der Waals surface area contributed by atoms with Crippen molar-refractivity contribution in [2.75, 3.05) is 14.2 Å². The number of thioether (sulfide) groups is 1. The number of aromatic nitrogens is 1. The third-order valence-corrected chi connectivity index (χ3v) is 6.29. The molecule has 3 rings (SSSR count). The first kappa shape index (κ1) is 20.2. The number of aryl methyl sites for hydroxylation is 1. The predicted molar refractivity (Wildman–Crippen MR) is 114 cm³/mol. The zero-order chi connectivity index (χ0) is 19.9. The van der Waals surface area contributed by atoms with E-state index < -0.39 is 0 Å². The van der Waals surface area contributed by atoms with Crippen LogP contribution in [0, 0.1) is 6.92 Å². The van der Waals surface area contributed by atoms with Gasteiger partial charge in [-0.1, -0.05) is 30.0 Å². The Hall–Kier alpha value is -2.51. The van der Waals surface area contributed by atoms with Crippen molar-refractivity contribution in [3.05, 3.63) is 70.2 Å². The Bertz CT molecular complexity index is 939. The molecule has 1 aromatic heterocycles. The molecule has 1 amide bonds. The maximum atomic E-state index is 12.4. The van der Waals surface area contributed by atoms with Gasteiger partial charge in [0.2, 0.25) is 0 Å². The highest BCUT2D eigenvalue weighted by Crippen LogP contribution is 2.28. The lowest BCUT2D eigenvalue weighted by Crippen LogP contribution is -2.22. The van der Waals surface area contributed by atoms with Crippen LogP contribution in [-0.2, 0) is 12.3 Å². The van der Waals surface area contributed by atoms with Gasteiger partial charge in [-0.25, -0.2) is 4.98 Å². The van der Waals surface area contributed by atoms with Crippen molar-refractivity contribution in [2.24, 2.45) is 0 Å². The SMILES string of the molecule is COc1ccc(CNC(=O)c2ccc(CSc3nc(C)cs3)cc2)cc1OC. The average Bonchev–Trinajstić information content (AvgIpc) is 3.15. The van der Waals surface area contributed by atoms with Gasteiger partial charge in [-0.2, -0.15) is 0 Å². The van der Waals surface area contributed by atoms with Crippen LogP contribution in [0.3, 0.4) is 0 Å². The van der Waals surface area contributed by atoms with Crippen LogP contribution >= 0.6 is 23.1 Å². The molecule has 0 saturated carbocycles. The molecular formula is C21H22N2O3S2. The Morgan fingerprint density at radius 2 is 1.79 bits per heavy atom. The summed E-state index contributed by atoms with van der Waals surface area (Å²) in [5.41, 5.74) is 3.79. The lowest BCUT2D eigenvalue weighted by Gasteiger charge is -2.10. The molecule has 0 fully saturated rings. The Balaban J connectivity index is 1.54. The Morgan fingerprint density at radius 1 is 1.07 bits per heavy atom. The number of benzene rings is 2. The fourth-order valence-electron chi connectivity index (χ4n) is 2.57. The molecule has 0 spiro atoms. The van der Waals surface area contributed by atoms with Crippen LogP contribution in [0.4, 0.5) is 0 Å². The third-order valence-electron chi connectivity index (χ3n) is 4.08. The molecule has 0 saturated heterocycles. The van der Waals surface area contributed by atoms with E-state index in [4.69, 9.17) is 9.47 Å². The monoisotopic (exact) mass is 414 g/mol. The fourth-order valence-corrected chi connectivity index (χ4v) is 4.38. The van der Waals surface area contributed by atoms with E-state index >= 15 is 0 Å². The van der Waals surface area contributed by atoms with Gasteiger partial charge in [-0.3, -0.25) is 4.79 Å². The van der Waals surface area contributed by atoms with Gasteiger partial charge in [0.1, 0.15) is 4.34 Å². The number of thiazole rings is 1. The topological polar surface area (TPSA) is 60.5 Å². The summed E-state index contributed by atoms with van der Waals surface area (Å²) in [6.07, 6.45) is 0. The molecular weight excluding hydrogens is 392 g/mol. The molecule has 0 bridgehead atoms. The summed E-state index contributed by atoms with van der Waals surface area (Å²) < 4.78 is 11.6. The first-order valence-electron chi connectivity index (χ1n) is 8.72. The molecule has 2 aromatic carbocycles. The number of hydrogen-bond donors (Lipinski definition) is 1. The standard InChI is InChI=1S/C21H22N2O3S2/c1-14-12-27-21(23-14)28-13-15-4-7-17(8-5-15)20(24)22-11-16-6-9-18(25-2)19(10-16)26-3/h4-10,12H,11,13H2,1-3H3,(H,22,24). The Kier molecular flexibility index (Phi) is 6.95. The van der Waals surface area contributed by atoms with Crippen LogP contribution in [0.25, 0.3) is 0 Å². The molecule has 0 atom stereocenters. The van der Waals surface area contributed by atoms with Crippen molar-refractivity contribution in [1.82, 2.24) is 10.3 Å².